The molecule has 1 aliphatic rings. The average molecular weight is 263 g/mol. The van der Waals surface area contributed by atoms with Crippen molar-refractivity contribution in [2.75, 3.05) is 31.6 Å². The van der Waals surface area contributed by atoms with Gasteiger partial charge in [-0.05, 0) is 32.9 Å². The highest BCUT2D eigenvalue weighted by Gasteiger charge is 2.30. The maximum absolute atomic E-state index is 12.3. The number of nitrogens with zero attached hydrogens (tertiary/aromatic N) is 2. The predicted molar refractivity (Wildman–Crippen MR) is 74.3 cm³/mol. The summed E-state index contributed by atoms with van der Waals surface area (Å²) in [5.74, 6) is -0.0283. The zero-order valence-corrected chi connectivity index (χ0v) is 11.8. The van der Waals surface area contributed by atoms with Crippen molar-refractivity contribution in [3.63, 3.8) is 0 Å². The summed E-state index contributed by atoms with van der Waals surface area (Å²) in [6, 6.07) is 3.65. The zero-order chi connectivity index (χ0) is 13.9. The van der Waals surface area contributed by atoms with Crippen LogP contribution in [0, 0.1) is 0 Å². The van der Waals surface area contributed by atoms with Crippen LogP contribution in [-0.4, -0.2) is 47.6 Å². The molecule has 0 spiro atoms. The van der Waals surface area contributed by atoms with E-state index in [0.717, 1.165) is 12.2 Å². The molecular weight excluding hydrogens is 242 g/mol. The molecule has 1 fully saturated rings. The lowest BCUT2D eigenvalue weighted by Crippen LogP contribution is -2.50. The molecule has 1 aromatic heterocycles. The van der Waals surface area contributed by atoms with Crippen molar-refractivity contribution in [1.82, 2.24) is 9.88 Å². The fraction of sp³-hybridized carbons (Fsp3) is 0.571. The molecule has 104 valence electrons. The zero-order valence-electron chi connectivity index (χ0n) is 11.8. The van der Waals surface area contributed by atoms with Gasteiger partial charge in [0, 0.05) is 19.6 Å². The Morgan fingerprint density at radius 1 is 1.53 bits per heavy atom. The van der Waals surface area contributed by atoms with Gasteiger partial charge in [-0.1, -0.05) is 0 Å². The standard InChI is InChI=1S/C14H21N3O2/c1-4-15-11-5-6-12(16-9-11)13(18)17-7-8-19-14(2,3)10-17/h5-6,9,15H,4,7-8,10H2,1-3H3. The minimum Gasteiger partial charge on any atom is -0.384 e. The summed E-state index contributed by atoms with van der Waals surface area (Å²) < 4.78 is 5.61. The van der Waals surface area contributed by atoms with Crippen LogP contribution in [0.15, 0.2) is 18.3 Å². The first-order valence-corrected chi connectivity index (χ1v) is 6.65. The van der Waals surface area contributed by atoms with E-state index in [9.17, 15) is 4.79 Å². The van der Waals surface area contributed by atoms with E-state index in [-0.39, 0.29) is 11.5 Å². The van der Waals surface area contributed by atoms with E-state index in [4.69, 9.17) is 4.74 Å². The van der Waals surface area contributed by atoms with Crippen molar-refractivity contribution >= 4 is 11.6 Å². The third-order valence-corrected chi connectivity index (χ3v) is 3.08. The first kappa shape index (κ1) is 13.8. The van der Waals surface area contributed by atoms with Gasteiger partial charge in [0.15, 0.2) is 0 Å². The highest BCUT2D eigenvalue weighted by atomic mass is 16.5. The Kier molecular flexibility index (Phi) is 4.04. The Hall–Kier alpha value is -1.62. The topological polar surface area (TPSA) is 54.5 Å². The molecule has 0 aromatic carbocycles. The molecule has 5 heteroatoms. The molecule has 1 saturated heterocycles. The molecule has 0 radical (unpaired) electrons. The number of aromatic nitrogens is 1. The number of carbonyl (C=O) groups is 1. The summed E-state index contributed by atoms with van der Waals surface area (Å²) in [7, 11) is 0. The summed E-state index contributed by atoms with van der Waals surface area (Å²) in [4.78, 5) is 18.4. The molecule has 5 nitrogen and oxygen atoms in total. The van der Waals surface area contributed by atoms with Crippen LogP contribution in [0.25, 0.3) is 0 Å². The molecular formula is C14H21N3O2. The summed E-state index contributed by atoms with van der Waals surface area (Å²) >= 11 is 0. The van der Waals surface area contributed by atoms with Gasteiger partial charge in [0.25, 0.3) is 5.91 Å². The van der Waals surface area contributed by atoms with E-state index in [1.807, 2.05) is 26.8 Å². The van der Waals surface area contributed by atoms with Crippen LogP contribution < -0.4 is 5.32 Å². The summed E-state index contributed by atoms with van der Waals surface area (Å²) in [6.45, 7) is 8.65. The normalized spacial score (nSPS) is 18.2. The highest BCUT2D eigenvalue weighted by Crippen LogP contribution is 2.18. The number of hydrogen-bond acceptors (Lipinski definition) is 4. The molecule has 0 atom stereocenters. The SMILES string of the molecule is CCNc1ccc(C(=O)N2CCOC(C)(C)C2)nc1. The third kappa shape index (κ3) is 3.44. The van der Waals surface area contributed by atoms with Gasteiger partial charge in [0.1, 0.15) is 5.69 Å². The van der Waals surface area contributed by atoms with Crippen molar-refractivity contribution in [2.24, 2.45) is 0 Å². The molecule has 2 rings (SSSR count). The molecule has 1 aliphatic heterocycles. The molecule has 1 aromatic rings. The number of carbonyl (C=O) groups excluding carboxylic acids is 1. The van der Waals surface area contributed by atoms with Gasteiger partial charge in [0.2, 0.25) is 0 Å². The Bertz CT molecular complexity index is 443. The van der Waals surface area contributed by atoms with Crippen LogP contribution in [0.2, 0.25) is 0 Å². The van der Waals surface area contributed by atoms with Gasteiger partial charge in [-0.15, -0.1) is 0 Å². The molecule has 0 bridgehead atoms. The molecule has 1 N–H and O–H groups in total. The minimum absolute atomic E-state index is 0.0283. The van der Waals surface area contributed by atoms with Crippen LogP contribution in [0.4, 0.5) is 5.69 Å². The number of ether oxygens (including phenoxy) is 1. The Morgan fingerprint density at radius 3 is 2.89 bits per heavy atom. The smallest absolute Gasteiger partial charge is 0.272 e. The second-order valence-electron chi connectivity index (χ2n) is 5.30. The lowest BCUT2D eigenvalue weighted by molar-refractivity contribution is -0.0765. The maximum Gasteiger partial charge on any atom is 0.272 e. The third-order valence-electron chi connectivity index (χ3n) is 3.08. The molecule has 2 heterocycles. The van der Waals surface area contributed by atoms with Gasteiger partial charge in [0.05, 0.1) is 24.1 Å². The number of pyridine rings is 1. The van der Waals surface area contributed by atoms with Gasteiger partial charge < -0.3 is 15.0 Å². The van der Waals surface area contributed by atoms with Gasteiger partial charge >= 0.3 is 0 Å². The van der Waals surface area contributed by atoms with Crippen molar-refractivity contribution in [3.05, 3.63) is 24.0 Å². The second-order valence-corrected chi connectivity index (χ2v) is 5.30. The van der Waals surface area contributed by atoms with E-state index < -0.39 is 0 Å². The van der Waals surface area contributed by atoms with E-state index in [1.165, 1.54) is 0 Å². The van der Waals surface area contributed by atoms with Crippen molar-refractivity contribution in [1.29, 1.82) is 0 Å². The van der Waals surface area contributed by atoms with Gasteiger partial charge in [-0.3, -0.25) is 4.79 Å². The fourth-order valence-electron chi connectivity index (χ4n) is 2.18. The minimum atomic E-state index is -0.280. The number of hydrogen-bond donors (Lipinski definition) is 1. The number of morpholine rings is 1. The lowest BCUT2D eigenvalue weighted by atomic mass is 10.1. The van der Waals surface area contributed by atoms with Crippen LogP contribution in [0.5, 0.6) is 0 Å². The second kappa shape index (κ2) is 5.57. The van der Waals surface area contributed by atoms with Crippen molar-refractivity contribution in [2.45, 2.75) is 26.4 Å². The Balaban J connectivity index is 2.06. The number of nitrogens with one attached hydrogen (secondary N) is 1. The molecule has 0 saturated carbocycles. The fourth-order valence-corrected chi connectivity index (χ4v) is 2.18. The molecule has 0 aliphatic carbocycles. The van der Waals surface area contributed by atoms with E-state index >= 15 is 0 Å². The van der Waals surface area contributed by atoms with Crippen LogP contribution in [0.1, 0.15) is 31.3 Å². The highest BCUT2D eigenvalue weighted by molar-refractivity contribution is 5.92. The van der Waals surface area contributed by atoms with Gasteiger partial charge in [-0.25, -0.2) is 4.98 Å². The number of rotatable bonds is 3. The van der Waals surface area contributed by atoms with E-state index in [2.05, 4.69) is 10.3 Å². The predicted octanol–water partition coefficient (Wildman–Crippen LogP) is 1.76. The molecule has 19 heavy (non-hydrogen) atoms. The number of anilines is 1. The quantitative estimate of drug-likeness (QED) is 0.903. The van der Waals surface area contributed by atoms with E-state index in [0.29, 0.717) is 25.4 Å². The lowest BCUT2D eigenvalue weighted by Gasteiger charge is -2.37. The van der Waals surface area contributed by atoms with Crippen molar-refractivity contribution in [3.8, 4) is 0 Å². The van der Waals surface area contributed by atoms with Crippen LogP contribution in [-0.2, 0) is 4.74 Å². The van der Waals surface area contributed by atoms with E-state index in [1.54, 1.807) is 17.2 Å². The summed E-state index contributed by atoms with van der Waals surface area (Å²) in [5, 5.41) is 3.16. The monoisotopic (exact) mass is 263 g/mol. The van der Waals surface area contributed by atoms with Crippen molar-refractivity contribution < 1.29 is 9.53 Å². The Morgan fingerprint density at radius 2 is 2.32 bits per heavy atom. The first-order valence-electron chi connectivity index (χ1n) is 6.65. The number of amides is 1. The largest absolute Gasteiger partial charge is 0.384 e. The average Bonchev–Trinajstić information content (AvgIpc) is 2.38. The van der Waals surface area contributed by atoms with Crippen LogP contribution >= 0.6 is 0 Å². The first-order chi connectivity index (χ1) is 9.02. The molecule has 0 unspecified atom stereocenters. The van der Waals surface area contributed by atoms with Gasteiger partial charge in [-0.2, -0.15) is 0 Å². The summed E-state index contributed by atoms with van der Waals surface area (Å²) in [6.07, 6.45) is 1.70. The summed E-state index contributed by atoms with van der Waals surface area (Å²) in [5.41, 5.74) is 1.14. The van der Waals surface area contributed by atoms with Crippen LogP contribution in [0.3, 0.4) is 0 Å². The Labute approximate surface area is 114 Å². The molecule has 1 amide bonds. The maximum atomic E-state index is 12.3.